The fourth-order valence-corrected chi connectivity index (χ4v) is 3.84. The van der Waals surface area contributed by atoms with Crippen LogP contribution in [-0.2, 0) is 23.4 Å². The Morgan fingerprint density at radius 1 is 1.44 bits per heavy atom. The predicted octanol–water partition coefficient (Wildman–Crippen LogP) is -1.39. The first-order chi connectivity index (χ1) is 14.5. The Labute approximate surface area is 187 Å². The molecule has 1 unspecified atom stereocenters. The van der Waals surface area contributed by atoms with Gasteiger partial charge in [-0.3, -0.25) is 19.1 Å². The van der Waals surface area contributed by atoms with Gasteiger partial charge in [0.15, 0.2) is 11.9 Å². The number of carbonyl (C=O) groups is 1. The molecule has 2 heterocycles. The molecule has 168 valence electrons. The lowest BCUT2D eigenvalue weighted by molar-refractivity contribution is -0.149. The monoisotopic (exact) mass is 466 g/mol. The van der Waals surface area contributed by atoms with Crippen molar-refractivity contribution >= 4 is 37.7 Å². The number of alkyl halides is 1. The second-order valence-corrected chi connectivity index (χ2v) is 8.77. The number of aliphatic hydroxyl groups is 1. The van der Waals surface area contributed by atoms with Gasteiger partial charge in [0.25, 0.3) is 5.56 Å². The molecule has 1 aliphatic heterocycles. The molecule has 11 nitrogen and oxygen atoms in total. The van der Waals surface area contributed by atoms with Gasteiger partial charge in [0.2, 0.25) is 0 Å². The fourth-order valence-electron chi connectivity index (χ4n) is 2.95. The highest BCUT2D eigenvalue weighted by Gasteiger charge is 2.67. The first-order valence-electron chi connectivity index (χ1n) is 9.39. The molecule has 0 spiro atoms. The number of aromatic amines is 1. The van der Waals surface area contributed by atoms with Crippen LogP contribution < -0.4 is 16.3 Å². The molecule has 0 saturated carbocycles. The van der Waals surface area contributed by atoms with Crippen LogP contribution in [0, 0.1) is 0 Å². The van der Waals surface area contributed by atoms with Gasteiger partial charge in [-0.05, 0) is 32.3 Å². The van der Waals surface area contributed by atoms with Crippen LogP contribution in [0.2, 0.25) is 0 Å². The molecule has 0 aliphatic carbocycles. The zero-order valence-corrected chi connectivity index (χ0v) is 18.7. The van der Waals surface area contributed by atoms with Crippen molar-refractivity contribution in [2.75, 3.05) is 0 Å². The summed E-state index contributed by atoms with van der Waals surface area (Å²) in [5.74, 6) is -0.750. The number of aromatic nitrogens is 2. The maximum atomic E-state index is 15.4. The number of halogens is 1. The summed E-state index contributed by atoms with van der Waals surface area (Å²) in [5, 5.41) is 9.99. The van der Waals surface area contributed by atoms with Gasteiger partial charge in [-0.15, -0.1) is 4.52 Å². The van der Waals surface area contributed by atoms with E-state index in [0.717, 1.165) is 19.2 Å². The topological polar surface area (TPSA) is 149 Å². The van der Waals surface area contributed by atoms with Crippen LogP contribution in [0.4, 0.5) is 4.39 Å². The van der Waals surface area contributed by atoms with E-state index in [4.69, 9.17) is 37.5 Å². The van der Waals surface area contributed by atoms with E-state index in [1.807, 2.05) is 4.98 Å². The number of aliphatic hydroxyl groups excluding tert-OH is 1. The zero-order chi connectivity index (χ0) is 24.6. The molecule has 0 bridgehead atoms. The van der Waals surface area contributed by atoms with Gasteiger partial charge in [0.1, 0.15) is 35.7 Å². The Balaban J connectivity index is 2.26. The number of rotatable bonds is 8. The molecule has 3 N–H and O–H groups in total. The Kier molecular flexibility index (Phi) is 7.63. The lowest BCUT2D eigenvalue weighted by Gasteiger charge is -2.40. The SMILES string of the molecule is [B]C([B])(O[P+](=O)N[C@@H](C)C(=O)OC(C)C)[C@@]1([B])O[C@@H](n2ccc(=O)[nH]c2=O)[C@](C)(F)[C@@H]1O. The highest BCUT2D eigenvalue weighted by molar-refractivity contribution is 7.37. The minimum atomic E-state index is -3.00. The minimum absolute atomic E-state index is 0.432. The van der Waals surface area contributed by atoms with E-state index in [9.17, 15) is 24.1 Å². The average Bonchev–Trinajstić information content (AvgIpc) is 2.82. The van der Waals surface area contributed by atoms with Gasteiger partial charge in [-0.1, -0.05) is 5.09 Å². The van der Waals surface area contributed by atoms with E-state index in [1.54, 1.807) is 13.8 Å². The summed E-state index contributed by atoms with van der Waals surface area (Å²) in [4.78, 5) is 37.1. The Morgan fingerprint density at radius 2 is 2.03 bits per heavy atom. The number of hydrogen-bond acceptors (Lipinski definition) is 8. The summed E-state index contributed by atoms with van der Waals surface area (Å²) in [6.07, 6.45) is -3.70. The molecular formula is C16H21B3FN3O8P+. The van der Waals surface area contributed by atoms with Crippen LogP contribution in [0.25, 0.3) is 0 Å². The Morgan fingerprint density at radius 3 is 2.56 bits per heavy atom. The van der Waals surface area contributed by atoms with Gasteiger partial charge in [-0.2, -0.15) is 0 Å². The standard InChI is InChI=1S/C16H20B3FN3O8P/c1-7(2)29-10(25)8(3)22-32(28)31-16(18,19)15(17)11(26)14(4,20)12(30-15)23-6-5-9(24)21-13(23)27/h5-8,11-12,26H,1-4H3,(H-,21,22,24,27,28)/p+1/t8-,11-,12+,14+,15-/m0/s1. The molecule has 1 aromatic rings. The third-order valence-electron chi connectivity index (χ3n) is 4.68. The first-order valence-corrected chi connectivity index (χ1v) is 10.6. The maximum absolute atomic E-state index is 15.4. The lowest BCUT2D eigenvalue weighted by atomic mass is 9.47. The summed E-state index contributed by atoms with van der Waals surface area (Å²) in [6.45, 7) is 5.40. The maximum Gasteiger partial charge on any atom is 0.612 e. The van der Waals surface area contributed by atoms with Crippen LogP contribution in [-0.4, -0.2) is 79.0 Å². The molecule has 0 aromatic carbocycles. The summed E-state index contributed by atoms with van der Waals surface area (Å²) < 4.78 is 43.6. The zero-order valence-electron chi connectivity index (χ0n) is 17.8. The summed E-state index contributed by atoms with van der Waals surface area (Å²) >= 11 is 0. The van der Waals surface area contributed by atoms with E-state index in [0.29, 0.717) is 4.57 Å². The number of H-pyrrole nitrogens is 1. The number of nitrogens with one attached hydrogen (secondary N) is 2. The molecule has 2 rings (SSSR count). The first kappa shape index (κ1) is 26.5. The molecule has 1 fully saturated rings. The van der Waals surface area contributed by atoms with Crippen molar-refractivity contribution in [3.63, 3.8) is 0 Å². The second kappa shape index (κ2) is 9.22. The fraction of sp³-hybridized carbons (Fsp3) is 0.688. The normalized spacial score (nSPS) is 29.7. The second-order valence-electron chi connectivity index (χ2n) is 7.81. The molecule has 1 aliphatic rings. The van der Waals surface area contributed by atoms with Crippen LogP contribution in [0.3, 0.4) is 0 Å². The molecule has 1 saturated heterocycles. The molecule has 6 atom stereocenters. The number of nitrogens with zero attached hydrogens (tertiary/aromatic N) is 1. The number of ether oxygens (including phenoxy) is 2. The molecule has 0 amide bonds. The van der Waals surface area contributed by atoms with Crippen molar-refractivity contribution in [2.24, 2.45) is 0 Å². The molecule has 1 aromatic heterocycles. The number of esters is 1. The van der Waals surface area contributed by atoms with Crippen LogP contribution in [0.15, 0.2) is 21.9 Å². The largest absolute Gasteiger partial charge is 0.612 e. The Hall–Kier alpha value is -1.79. The predicted molar refractivity (Wildman–Crippen MR) is 112 cm³/mol. The van der Waals surface area contributed by atoms with Crippen LogP contribution in [0.5, 0.6) is 0 Å². The highest BCUT2D eigenvalue weighted by Crippen LogP contribution is 2.50. The summed E-state index contributed by atoms with van der Waals surface area (Å²) in [5.41, 5.74) is -7.32. The van der Waals surface area contributed by atoms with E-state index in [2.05, 4.69) is 5.09 Å². The molecular weight excluding hydrogens is 445 g/mol. The van der Waals surface area contributed by atoms with Crippen molar-refractivity contribution in [1.29, 1.82) is 0 Å². The van der Waals surface area contributed by atoms with Crippen molar-refractivity contribution in [3.8, 4) is 0 Å². The van der Waals surface area contributed by atoms with Gasteiger partial charge in [0, 0.05) is 12.3 Å². The molecule has 6 radical (unpaired) electrons. The molecule has 16 heteroatoms. The van der Waals surface area contributed by atoms with Crippen molar-refractivity contribution in [2.45, 2.75) is 68.7 Å². The number of hydrogen-bond donors (Lipinski definition) is 3. The van der Waals surface area contributed by atoms with Crippen LogP contribution in [0.1, 0.15) is 33.9 Å². The molecule has 32 heavy (non-hydrogen) atoms. The lowest BCUT2D eigenvalue weighted by Crippen LogP contribution is -2.64. The summed E-state index contributed by atoms with van der Waals surface area (Å²) in [6, 6.07) is -0.199. The minimum Gasteiger partial charge on any atom is -0.462 e. The van der Waals surface area contributed by atoms with Gasteiger partial charge >= 0.3 is 19.8 Å². The van der Waals surface area contributed by atoms with E-state index < -0.39 is 66.4 Å². The van der Waals surface area contributed by atoms with E-state index in [-0.39, 0.29) is 0 Å². The average molecular weight is 466 g/mol. The van der Waals surface area contributed by atoms with Gasteiger partial charge in [-0.25, -0.2) is 9.18 Å². The van der Waals surface area contributed by atoms with Crippen LogP contribution >= 0.6 is 8.18 Å². The van der Waals surface area contributed by atoms with Gasteiger partial charge in [0.05, 0.1) is 17.0 Å². The quantitative estimate of drug-likeness (QED) is 0.240. The third kappa shape index (κ3) is 5.07. The summed E-state index contributed by atoms with van der Waals surface area (Å²) in [7, 11) is 14.5. The highest BCUT2D eigenvalue weighted by atomic mass is 31.1. The van der Waals surface area contributed by atoms with E-state index >= 15 is 4.39 Å². The third-order valence-corrected chi connectivity index (χ3v) is 5.75. The Bertz CT molecular complexity index is 1000. The smallest absolute Gasteiger partial charge is 0.462 e. The van der Waals surface area contributed by atoms with Crippen molar-refractivity contribution < 1.29 is 32.9 Å². The van der Waals surface area contributed by atoms with E-state index in [1.165, 1.54) is 6.92 Å². The van der Waals surface area contributed by atoms with Crippen molar-refractivity contribution in [3.05, 3.63) is 33.1 Å². The van der Waals surface area contributed by atoms with Gasteiger partial charge < -0.3 is 14.6 Å². The van der Waals surface area contributed by atoms with Crippen molar-refractivity contribution in [1.82, 2.24) is 14.6 Å². The number of carbonyl (C=O) groups excluding carboxylic acids is 1.